The Balaban J connectivity index is 2.09. The van der Waals surface area contributed by atoms with E-state index < -0.39 is 16.0 Å². The van der Waals surface area contributed by atoms with E-state index in [-0.39, 0.29) is 26.7 Å². The number of rotatable bonds is 4. The molecule has 0 radical (unpaired) electrons. The summed E-state index contributed by atoms with van der Waals surface area (Å²) < 4.78 is 35.4. The number of nitrogens with one attached hydrogen (secondary N) is 1. The predicted molar refractivity (Wildman–Crippen MR) is 86.6 cm³/mol. The zero-order valence-corrected chi connectivity index (χ0v) is 13.6. The third-order valence-electron chi connectivity index (χ3n) is 2.99. The second-order valence-electron chi connectivity index (χ2n) is 4.49. The molecule has 1 aromatic heterocycles. The summed E-state index contributed by atoms with van der Waals surface area (Å²) in [6.07, 6.45) is 0. The number of hydrogen-bond acceptors (Lipinski definition) is 6. The first kappa shape index (κ1) is 15.7. The van der Waals surface area contributed by atoms with Crippen molar-refractivity contribution in [2.45, 2.75) is 4.90 Å². The topological polar surface area (TPSA) is 109 Å². The molecular weight excluding hydrogens is 362 g/mol. The van der Waals surface area contributed by atoms with Crippen LogP contribution in [-0.2, 0) is 10.0 Å². The van der Waals surface area contributed by atoms with Gasteiger partial charge in [0.1, 0.15) is 15.9 Å². The summed E-state index contributed by atoms with van der Waals surface area (Å²) in [5.41, 5.74) is 0.357. The lowest BCUT2D eigenvalue weighted by Crippen LogP contribution is -2.16. The first-order valence-corrected chi connectivity index (χ1v) is 8.74. The second kappa shape index (κ2) is 5.76. The number of aromatic nitrogens is 2. The fourth-order valence-corrected chi connectivity index (χ4v) is 4.00. The zero-order chi connectivity index (χ0) is 16.6. The van der Waals surface area contributed by atoms with Gasteiger partial charge in [0.05, 0.1) is 23.0 Å². The van der Waals surface area contributed by atoms with Crippen molar-refractivity contribution in [1.82, 2.24) is 8.75 Å². The van der Waals surface area contributed by atoms with Gasteiger partial charge in [-0.3, -0.25) is 4.72 Å². The molecule has 2 aromatic carbocycles. The Kier molecular flexibility index (Phi) is 3.92. The van der Waals surface area contributed by atoms with Crippen LogP contribution in [0.2, 0.25) is 5.02 Å². The maximum absolute atomic E-state index is 12.6. The van der Waals surface area contributed by atoms with E-state index >= 15 is 0 Å². The number of benzene rings is 2. The Morgan fingerprint density at radius 2 is 2.00 bits per heavy atom. The number of carboxylic acid groups (broad SMARTS) is 1. The monoisotopic (exact) mass is 369 g/mol. The fraction of sp³-hybridized carbons (Fsp3) is 0. The van der Waals surface area contributed by atoms with E-state index in [1.165, 1.54) is 30.3 Å². The van der Waals surface area contributed by atoms with E-state index in [2.05, 4.69) is 13.5 Å². The van der Waals surface area contributed by atoms with Crippen LogP contribution in [0, 0.1) is 0 Å². The van der Waals surface area contributed by atoms with Gasteiger partial charge < -0.3 is 5.11 Å². The molecule has 0 aliphatic rings. The molecule has 0 atom stereocenters. The molecule has 3 rings (SSSR count). The summed E-state index contributed by atoms with van der Waals surface area (Å²) in [6.45, 7) is 0. The van der Waals surface area contributed by atoms with Crippen LogP contribution in [0.4, 0.5) is 5.69 Å². The molecule has 118 valence electrons. The Bertz CT molecular complexity index is 1020. The number of anilines is 1. The van der Waals surface area contributed by atoms with Crippen LogP contribution in [0.15, 0.2) is 41.3 Å². The first-order valence-electron chi connectivity index (χ1n) is 6.15. The van der Waals surface area contributed by atoms with Gasteiger partial charge in [-0.25, -0.2) is 13.2 Å². The average Bonchev–Trinajstić information content (AvgIpc) is 2.96. The number of sulfonamides is 1. The molecule has 7 nitrogen and oxygen atoms in total. The molecule has 1 heterocycles. The molecule has 0 spiro atoms. The van der Waals surface area contributed by atoms with Crippen LogP contribution in [0.25, 0.3) is 11.0 Å². The molecule has 10 heteroatoms. The van der Waals surface area contributed by atoms with Crippen molar-refractivity contribution in [2.24, 2.45) is 0 Å². The maximum atomic E-state index is 12.6. The van der Waals surface area contributed by atoms with Crippen LogP contribution < -0.4 is 4.72 Å². The highest BCUT2D eigenvalue weighted by molar-refractivity contribution is 7.93. The lowest BCUT2D eigenvalue weighted by atomic mass is 10.2. The van der Waals surface area contributed by atoms with Crippen molar-refractivity contribution < 1.29 is 18.3 Å². The number of aromatic carboxylic acids is 1. The van der Waals surface area contributed by atoms with E-state index in [1.807, 2.05) is 0 Å². The van der Waals surface area contributed by atoms with Crippen molar-refractivity contribution in [3.8, 4) is 0 Å². The van der Waals surface area contributed by atoms with E-state index in [1.54, 1.807) is 6.07 Å². The lowest BCUT2D eigenvalue weighted by Gasteiger charge is -2.11. The molecule has 0 unspecified atom stereocenters. The largest absolute Gasteiger partial charge is 0.478 e. The summed E-state index contributed by atoms with van der Waals surface area (Å²) in [7, 11) is -4.03. The van der Waals surface area contributed by atoms with Crippen LogP contribution in [0.5, 0.6) is 0 Å². The Hall–Kier alpha value is -2.23. The highest BCUT2D eigenvalue weighted by Crippen LogP contribution is 2.26. The van der Waals surface area contributed by atoms with Crippen molar-refractivity contribution in [2.75, 3.05) is 4.72 Å². The average molecular weight is 370 g/mol. The molecule has 2 N–H and O–H groups in total. The van der Waals surface area contributed by atoms with Gasteiger partial charge in [-0.2, -0.15) is 8.75 Å². The van der Waals surface area contributed by atoms with Gasteiger partial charge in [0.2, 0.25) is 0 Å². The smallest absolute Gasteiger partial charge is 0.337 e. The quantitative estimate of drug-likeness (QED) is 0.731. The van der Waals surface area contributed by atoms with Crippen LogP contribution in [0.1, 0.15) is 10.4 Å². The van der Waals surface area contributed by atoms with Crippen LogP contribution in [-0.4, -0.2) is 28.2 Å². The molecule has 0 saturated carbocycles. The molecule has 3 aromatic rings. The molecule has 23 heavy (non-hydrogen) atoms. The maximum Gasteiger partial charge on any atom is 0.337 e. The van der Waals surface area contributed by atoms with E-state index in [9.17, 15) is 18.3 Å². The van der Waals surface area contributed by atoms with Crippen LogP contribution >= 0.6 is 23.3 Å². The molecule has 0 amide bonds. The Labute approximate surface area is 139 Å². The lowest BCUT2D eigenvalue weighted by molar-refractivity contribution is 0.0698. The molecule has 0 aliphatic heterocycles. The number of carboxylic acids is 1. The van der Waals surface area contributed by atoms with Gasteiger partial charge >= 0.3 is 5.97 Å². The SMILES string of the molecule is O=C(O)c1cc(Cl)ccc1NS(=O)(=O)c1cccc2nsnc12. The van der Waals surface area contributed by atoms with Gasteiger partial charge in [0.15, 0.2) is 0 Å². The number of hydrogen-bond donors (Lipinski definition) is 2. The third-order valence-corrected chi connectivity index (χ3v) is 5.17. The summed E-state index contributed by atoms with van der Waals surface area (Å²) >= 11 is 6.65. The number of carbonyl (C=O) groups is 1. The minimum absolute atomic E-state index is 0.0740. The van der Waals surface area contributed by atoms with Gasteiger partial charge in [-0.05, 0) is 30.3 Å². The molecular formula is C13H8ClN3O4S2. The highest BCUT2D eigenvalue weighted by Gasteiger charge is 2.22. The highest BCUT2D eigenvalue weighted by atomic mass is 35.5. The van der Waals surface area contributed by atoms with Gasteiger partial charge in [0, 0.05) is 5.02 Å². The van der Waals surface area contributed by atoms with E-state index in [0.29, 0.717) is 5.52 Å². The van der Waals surface area contributed by atoms with Crippen LogP contribution in [0.3, 0.4) is 0 Å². The minimum Gasteiger partial charge on any atom is -0.478 e. The normalized spacial score (nSPS) is 11.5. The predicted octanol–water partition coefficient (Wildman–Crippen LogP) is 2.84. The summed E-state index contributed by atoms with van der Waals surface area (Å²) in [4.78, 5) is 11.2. The number of fused-ring (bicyclic) bond motifs is 1. The van der Waals surface area contributed by atoms with Crippen molar-refractivity contribution in [3.63, 3.8) is 0 Å². The van der Waals surface area contributed by atoms with Crippen molar-refractivity contribution >= 4 is 56.0 Å². The minimum atomic E-state index is -4.03. The molecule has 0 bridgehead atoms. The van der Waals surface area contributed by atoms with Gasteiger partial charge in [-0.15, -0.1) is 0 Å². The second-order valence-corrected chi connectivity index (χ2v) is 7.10. The molecule has 0 saturated heterocycles. The first-order chi connectivity index (χ1) is 10.9. The fourth-order valence-electron chi connectivity index (χ4n) is 1.98. The molecule has 0 fully saturated rings. The molecule has 0 aliphatic carbocycles. The number of nitrogens with zero attached hydrogens (tertiary/aromatic N) is 2. The Morgan fingerprint density at radius 3 is 2.74 bits per heavy atom. The van der Waals surface area contributed by atoms with E-state index in [4.69, 9.17) is 11.6 Å². The summed E-state index contributed by atoms with van der Waals surface area (Å²) in [6, 6.07) is 8.43. The van der Waals surface area contributed by atoms with Crippen molar-refractivity contribution in [3.05, 3.63) is 47.0 Å². The summed E-state index contributed by atoms with van der Waals surface area (Å²) in [5.74, 6) is -1.29. The van der Waals surface area contributed by atoms with E-state index in [0.717, 1.165) is 11.7 Å². The third kappa shape index (κ3) is 2.98. The van der Waals surface area contributed by atoms with Crippen molar-refractivity contribution in [1.29, 1.82) is 0 Å². The van der Waals surface area contributed by atoms with Gasteiger partial charge in [-0.1, -0.05) is 17.7 Å². The zero-order valence-electron chi connectivity index (χ0n) is 11.2. The number of halogens is 1. The Morgan fingerprint density at radius 1 is 1.22 bits per heavy atom. The van der Waals surface area contributed by atoms with Gasteiger partial charge in [0.25, 0.3) is 10.0 Å². The standard InChI is InChI=1S/C13H8ClN3O4S2/c14-7-4-5-9(8(6-7)13(18)19)17-23(20,21)11-3-1-2-10-12(11)16-22-15-10/h1-6,17H,(H,18,19). The summed E-state index contributed by atoms with van der Waals surface area (Å²) in [5, 5.41) is 9.37.